The van der Waals surface area contributed by atoms with Gasteiger partial charge in [0, 0.05) is 36.1 Å². The smallest absolute Gasteiger partial charge is 0.233 e. The number of benzene rings is 4. The van der Waals surface area contributed by atoms with E-state index >= 15 is 4.79 Å². The summed E-state index contributed by atoms with van der Waals surface area (Å²) in [6, 6.07) is 33.3. The molecule has 4 aliphatic rings. The van der Waals surface area contributed by atoms with Crippen molar-refractivity contribution in [3.63, 3.8) is 0 Å². The fourth-order valence-electron chi connectivity index (χ4n) is 8.97. The molecule has 0 radical (unpaired) electrons. The van der Waals surface area contributed by atoms with Crippen LogP contribution in [-0.4, -0.2) is 40.4 Å². The average molecular weight is 650 g/mol. The topological polar surface area (TPSA) is 101 Å². The third kappa shape index (κ3) is 4.71. The van der Waals surface area contributed by atoms with Gasteiger partial charge in [0.25, 0.3) is 0 Å². The molecule has 1 N–H and O–H groups in total. The van der Waals surface area contributed by atoms with Crippen molar-refractivity contribution in [3.8, 4) is 11.5 Å². The number of rotatable bonds is 6. The first kappa shape index (κ1) is 30.8. The van der Waals surface area contributed by atoms with E-state index in [4.69, 9.17) is 4.74 Å². The van der Waals surface area contributed by atoms with E-state index in [2.05, 4.69) is 0 Å². The van der Waals surface area contributed by atoms with Gasteiger partial charge >= 0.3 is 0 Å². The number of likely N-dealkylation sites (tertiary alicyclic amines) is 1. The van der Waals surface area contributed by atoms with Gasteiger partial charge < -0.3 is 9.84 Å². The SMILES string of the molecule is CN1C(=O)C2CC=C3C(CC4C(=O)C(c5ccccc5)=CC(=O)C4(c4ccccc4)C3c3ccc(OCc4ccccc4)cc3O)C2C1=O. The number of carbonyl (C=O) groups excluding carboxylic acids is 4. The molecule has 0 bridgehead atoms. The maximum atomic E-state index is 15.1. The molecule has 1 heterocycles. The second-order valence-corrected chi connectivity index (χ2v) is 13.5. The highest BCUT2D eigenvalue weighted by molar-refractivity contribution is 6.31. The fourth-order valence-corrected chi connectivity index (χ4v) is 8.97. The number of amides is 2. The number of ether oxygens (including phenoxy) is 1. The number of ketones is 2. The second-order valence-electron chi connectivity index (χ2n) is 13.5. The van der Waals surface area contributed by atoms with Gasteiger partial charge in [0.15, 0.2) is 11.6 Å². The molecule has 7 heteroatoms. The summed E-state index contributed by atoms with van der Waals surface area (Å²) in [6.45, 7) is 0.305. The number of aromatic hydroxyl groups is 1. The first-order valence-corrected chi connectivity index (χ1v) is 16.7. The molecule has 6 atom stereocenters. The van der Waals surface area contributed by atoms with Crippen LogP contribution in [0.3, 0.4) is 0 Å². The van der Waals surface area contributed by atoms with Crippen LogP contribution in [-0.2, 0) is 31.2 Å². The zero-order valence-electron chi connectivity index (χ0n) is 27.0. The van der Waals surface area contributed by atoms with Crippen molar-refractivity contribution in [1.82, 2.24) is 4.90 Å². The molecule has 4 aromatic rings. The zero-order chi connectivity index (χ0) is 33.9. The van der Waals surface area contributed by atoms with Gasteiger partial charge in [0.05, 0.1) is 17.3 Å². The molecular weight excluding hydrogens is 614 g/mol. The predicted molar refractivity (Wildman–Crippen MR) is 183 cm³/mol. The number of nitrogens with zero attached hydrogens (tertiary/aromatic N) is 1. The molecule has 6 unspecified atom stereocenters. The molecule has 0 spiro atoms. The van der Waals surface area contributed by atoms with Gasteiger partial charge in [-0.15, -0.1) is 0 Å². The Bertz CT molecular complexity index is 2050. The first-order chi connectivity index (χ1) is 23.8. The summed E-state index contributed by atoms with van der Waals surface area (Å²) in [7, 11) is 1.52. The normalized spacial score (nSPS) is 27.5. The van der Waals surface area contributed by atoms with Gasteiger partial charge in [-0.1, -0.05) is 109 Å². The molecule has 244 valence electrons. The van der Waals surface area contributed by atoms with Gasteiger partial charge in [-0.3, -0.25) is 24.1 Å². The number of phenolic OH excluding ortho intramolecular Hbond substituents is 1. The van der Waals surface area contributed by atoms with Crippen molar-refractivity contribution in [2.75, 3.05) is 7.05 Å². The first-order valence-electron chi connectivity index (χ1n) is 16.7. The number of allylic oxidation sites excluding steroid dienone is 4. The highest BCUT2D eigenvalue weighted by atomic mass is 16.5. The Kier molecular flexibility index (Phi) is 7.43. The standard InChI is InChI=1S/C42H35NO6/c1-43-40(47)31-20-19-29-33(37(31)41(43)48)22-34-39(46)32(26-13-7-3-8-14-26)23-36(45)42(34,27-15-9-4-10-16-27)38(29)30-18-17-28(21-35(30)44)49-24-25-11-5-2-6-12-25/h2-19,21,23,31,33-34,37-38,44H,20,22,24H2,1H3. The number of Topliss-reactive ketones (excluding diaryl/α,β-unsaturated/α-hetero) is 1. The Morgan fingerprint density at radius 3 is 2.18 bits per heavy atom. The lowest BCUT2D eigenvalue weighted by atomic mass is 9.44. The minimum absolute atomic E-state index is 0.0719. The van der Waals surface area contributed by atoms with Crippen molar-refractivity contribution in [2.24, 2.45) is 23.7 Å². The Balaban J connectivity index is 1.33. The van der Waals surface area contributed by atoms with Gasteiger partial charge in [0.2, 0.25) is 11.8 Å². The van der Waals surface area contributed by atoms with Crippen molar-refractivity contribution in [3.05, 3.63) is 149 Å². The van der Waals surface area contributed by atoms with E-state index in [9.17, 15) is 19.5 Å². The number of hydrogen-bond acceptors (Lipinski definition) is 6. The maximum Gasteiger partial charge on any atom is 0.233 e. The summed E-state index contributed by atoms with van der Waals surface area (Å²) in [4.78, 5) is 58.2. The Morgan fingerprint density at radius 2 is 1.49 bits per heavy atom. The van der Waals surface area contributed by atoms with Crippen molar-refractivity contribution < 1.29 is 29.0 Å². The number of fused-ring (bicyclic) bond motifs is 4. The second kappa shape index (κ2) is 11.8. The minimum atomic E-state index is -1.41. The van der Waals surface area contributed by atoms with E-state index in [1.807, 2.05) is 97.1 Å². The highest BCUT2D eigenvalue weighted by Gasteiger charge is 2.66. The molecule has 2 amide bonds. The molecule has 2 fully saturated rings. The summed E-state index contributed by atoms with van der Waals surface area (Å²) < 4.78 is 6.04. The van der Waals surface area contributed by atoms with E-state index in [0.717, 1.165) is 11.1 Å². The van der Waals surface area contributed by atoms with E-state index in [1.54, 1.807) is 18.2 Å². The van der Waals surface area contributed by atoms with Crippen LogP contribution in [0.25, 0.3) is 5.57 Å². The third-order valence-corrected chi connectivity index (χ3v) is 11.2. The molecule has 8 rings (SSSR count). The van der Waals surface area contributed by atoms with Crippen LogP contribution < -0.4 is 4.74 Å². The van der Waals surface area contributed by atoms with Crippen LogP contribution in [0.1, 0.15) is 41.0 Å². The molecule has 1 saturated carbocycles. The molecule has 4 aromatic carbocycles. The quantitative estimate of drug-likeness (QED) is 0.191. The molecule has 3 aliphatic carbocycles. The Labute approximate surface area is 284 Å². The predicted octanol–water partition coefficient (Wildman–Crippen LogP) is 6.43. The van der Waals surface area contributed by atoms with E-state index in [1.165, 1.54) is 18.0 Å². The summed E-state index contributed by atoms with van der Waals surface area (Å²) >= 11 is 0. The maximum absolute atomic E-state index is 15.1. The summed E-state index contributed by atoms with van der Waals surface area (Å²) in [5.74, 6) is -3.84. The van der Waals surface area contributed by atoms with Crippen LogP contribution in [0.15, 0.2) is 127 Å². The summed E-state index contributed by atoms with van der Waals surface area (Å²) in [5, 5.41) is 11.8. The number of phenols is 1. The van der Waals surface area contributed by atoms with Crippen LogP contribution in [0.2, 0.25) is 0 Å². The zero-order valence-corrected chi connectivity index (χ0v) is 27.0. The van der Waals surface area contributed by atoms with Gasteiger partial charge in [-0.25, -0.2) is 0 Å². The van der Waals surface area contributed by atoms with Crippen LogP contribution in [0, 0.1) is 23.7 Å². The summed E-state index contributed by atoms with van der Waals surface area (Å²) in [6.07, 6.45) is 4.03. The average Bonchev–Trinajstić information content (AvgIpc) is 3.36. The van der Waals surface area contributed by atoms with Crippen molar-refractivity contribution in [1.29, 1.82) is 0 Å². The van der Waals surface area contributed by atoms with E-state index in [-0.39, 0.29) is 35.6 Å². The molecule has 0 aromatic heterocycles. The lowest BCUT2D eigenvalue weighted by Crippen LogP contribution is -2.58. The molecular formula is C42H35NO6. The third-order valence-electron chi connectivity index (χ3n) is 11.2. The number of carbonyl (C=O) groups is 4. The van der Waals surface area contributed by atoms with E-state index in [0.29, 0.717) is 41.0 Å². The van der Waals surface area contributed by atoms with Gasteiger partial charge in [0.1, 0.15) is 18.1 Å². The van der Waals surface area contributed by atoms with Gasteiger partial charge in [-0.2, -0.15) is 0 Å². The van der Waals surface area contributed by atoms with Crippen LogP contribution in [0.4, 0.5) is 0 Å². The monoisotopic (exact) mass is 649 g/mol. The van der Waals surface area contributed by atoms with Crippen LogP contribution in [0.5, 0.6) is 11.5 Å². The lowest BCUT2D eigenvalue weighted by Gasteiger charge is -2.55. The molecule has 1 aliphatic heterocycles. The van der Waals surface area contributed by atoms with Crippen molar-refractivity contribution in [2.45, 2.75) is 30.8 Å². The summed E-state index contributed by atoms with van der Waals surface area (Å²) in [5.41, 5.74) is 2.50. The number of hydrogen-bond donors (Lipinski definition) is 1. The van der Waals surface area contributed by atoms with Crippen LogP contribution >= 0.6 is 0 Å². The lowest BCUT2D eigenvalue weighted by molar-refractivity contribution is -0.139. The Morgan fingerprint density at radius 1 is 0.816 bits per heavy atom. The molecule has 7 nitrogen and oxygen atoms in total. The van der Waals surface area contributed by atoms with Crippen molar-refractivity contribution >= 4 is 29.0 Å². The number of imide groups is 1. The fraction of sp³-hybridized carbons (Fsp3) is 0.238. The highest BCUT2D eigenvalue weighted by Crippen LogP contribution is 2.64. The van der Waals surface area contributed by atoms with Gasteiger partial charge in [-0.05, 0) is 47.6 Å². The Hall–Kier alpha value is -5.56. The molecule has 49 heavy (non-hydrogen) atoms. The minimum Gasteiger partial charge on any atom is -0.508 e. The van der Waals surface area contributed by atoms with E-state index < -0.39 is 35.0 Å². The largest absolute Gasteiger partial charge is 0.508 e. The molecule has 1 saturated heterocycles.